The van der Waals surface area contributed by atoms with Crippen molar-refractivity contribution < 1.29 is 22.7 Å². The van der Waals surface area contributed by atoms with Gasteiger partial charge in [-0.05, 0) is 18.6 Å². The van der Waals surface area contributed by atoms with Gasteiger partial charge in [0.1, 0.15) is 5.69 Å². The van der Waals surface area contributed by atoms with Crippen molar-refractivity contribution in [2.24, 2.45) is 5.73 Å². The number of nitrogens with two attached hydrogens (primary N) is 1. The molecule has 0 bridgehead atoms. The van der Waals surface area contributed by atoms with E-state index >= 15 is 0 Å². The Morgan fingerprint density at radius 2 is 2.17 bits per heavy atom. The lowest BCUT2D eigenvalue weighted by Gasteiger charge is -2.10. The highest BCUT2D eigenvalue weighted by Gasteiger charge is 2.20. The molecule has 0 saturated carbocycles. The number of carbonyl (C=O) groups excluding carboxylic acids is 1. The van der Waals surface area contributed by atoms with Crippen LogP contribution in [0.2, 0.25) is 0 Å². The molecule has 2 N–H and O–H groups in total. The number of ether oxygens (including phenoxy) is 1. The summed E-state index contributed by atoms with van der Waals surface area (Å²) in [5, 5.41) is 0. The van der Waals surface area contributed by atoms with Gasteiger partial charge in [-0.1, -0.05) is 0 Å². The first-order chi connectivity index (χ1) is 8.49. The van der Waals surface area contributed by atoms with Gasteiger partial charge in [-0.15, -0.1) is 0 Å². The van der Waals surface area contributed by atoms with Crippen molar-refractivity contribution in [1.29, 1.82) is 0 Å². The molecule has 1 aromatic rings. The average Bonchev–Trinajstić information content (AvgIpc) is 2.30. The second-order valence-electron chi connectivity index (χ2n) is 3.47. The third-order valence-corrected chi connectivity index (χ3v) is 2.23. The monoisotopic (exact) mass is 262 g/mol. The number of hydrogen-bond acceptors (Lipinski definition) is 4. The highest BCUT2D eigenvalue weighted by Crippen LogP contribution is 2.23. The molecule has 0 aliphatic rings. The molecule has 4 nitrogen and oxygen atoms in total. The smallest absolute Gasteiger partial charge is 0.310 e. The van der Waals surface area contributed by atoms with Gasteiger partial charge in [0.05, 0.1) is 13.0 Å². The van der Waals surface area contributed by atoms with Gasteiger partial charge >= 0.3 is 5.97 Å². The van der Waals surface area contributed by atoms with Gasteiger partial charge in [-0.25, -0.2) is 13.8 Å². The minimum Gasteiger partial charge on any atom is -0.466 e. The van der Waals surface area contributed by atoms with Crippen LogP contribution in [0.25, 0.3) is 0 Å². The van der Waals surface area contributed by atoms with E-state index in [-0.39, 0.29) is 30.7 Å². The van der Waals surface area contributed by atoms with Crippen molar-refractivity contribution >= 4 is 5.97 Å². The Hall–Kier alpha value is -1.63. The van der Waals surface area contributed by atoms with Crippen LogP contribution in [0.3, 0.4) is 0 Å². The lowest BCUT2D eigenvalue weighted by atomic mass is 10.1. The summed E-state index contributed by atoms with van der Waals surface area (Å²) in [6.07, 6.45) is -3.34. The van der Waals surface area contributed by atoms with Gasteiger partial charge in [0.15, 0.2) is 0 Å². The Bertz CT molecular complexity index is 439. The number of nitrogens with zero attached hydrogens (tertiary/aromatic N) is 1. The summed E-state index contributed by atoms with van der Waals surface area (Å²) >= 11 is 0. The van der Waals surface area contributed by atoms with E-state index < -0.39 is 24.0 Å². The minimum atomic E-state index is -2.96. The third kappa shape index (κ3) is 3.43. The highest BCUT2D eigenvalue weighted by atomic mass is 19.3. The predicted molar refractivity (Wildman–Crippen MR) is 57.4 cm³/mol. The molecular formula is C11H13F3N2O2. The molecule has 0 amide bonds. The van der Waals surface area contributed by atoms with Crippen LogP contribution in [-0.4, -0.2) is 17.6 Å². The number of alkyl halides is 2. The van der Waals surface area contributed by atoms with Gasteiger partial charge in [0.25, 0.3) is 6.43 Å². The van der Waals surface area contributed by atoms with Crippen molar-refractivity contribution in [1.82, 2.24) is 4.98 Å². The van der Waals surface area contributed by atoms with E-state index in [2.05, 4.69) is 9.72 Å². The summed E-state index contributed by atoms with van der Waals surface area (Å²) in [4.78, 5) is 14.4. The van der Waals surface area contributed by atoms with Crippen molar-refractivity contribution in [2.45, 2.75) is 26.3 Å². The van der Waals surface area contributed by atoms with Crippen LogP contribution in [0.5, 0.6) is 0 Å². The predicted octanol–water partition coefficient (Wildman–Crippen LogP) is 1.72. The Kier molecular flexibility index (Phi) is 5.08. The summed E-state index contributed by atoms with van der Waals surface area (Å²) in [6, 6.07) is 1.13. The zero-order valence-corrected chi connectivity index (χ0v) is 9.75. The number of carbonyl (C=O) groups is 1. The molecule has 0 unspecified atom stereocenters. The maximum atomic E-state index is 13.2. The van der Waals surface area contributed by atoms with E-state index in [1.165, 1.54) is 0 Å². The average molecular weight is 262 g/mol. The first kappa shape index (κ1) is 14.4. The second kappa shape index (κ2) is 6.34. The van der Waals surface area contributed by atoms with Crippen molar-refractivity contribution in [3.05, 3.63) is 28.8 Å². The quantitative estimate of drug-likeness (QED) is 0.648. The van der Waals surface area contributed by atoms with Gasteiger partial charge in [-0.2, -0.15) is 4.39 Å². The maximum Gasteiger partial charge on any atom is 0.310 e. The molecular weight excluding hydrogens is 249 g/mol. The standard InChI is InChI=1S/C11H13F3N2O2/c1-2-18-8(17)4-6-3-7(5-15)11(14)16-9(6)10(12)13/h3,10H,2,4-5,15H2,1H3. The minimum absolute atomic E-state index is 0.0151. The Labute approximate surface area is 102 Å². The number of esters is 1. The lowest BCUT2D eigenvalue weighted by molar-refractivity contribution is -0.142. The first-order valence-electron chi connectivity index (χ1n) is 5.31. The molecule has 1 heterocycles. The van der Waals surface area contributed by atoms with Gasteiger partial charge < -0.3 is 10.5 Å². The summed E-state index contributed by atoms with van der Waals surface area (Å²) in [6.45, 7) is 1.56. The molecule has 0 spiro atoms. The van der Waals surface area contributed by atoms with E-state index in [1.54, 1.807) is 6.92 Å². The molecule has 0 aromatic carbocycles. The molecule has 0 atom stereocenters. The first-order valence-corrected chi connectivity index (χ1v) is 5.31. The summed E-state index contributed by atoms with van der Waals surface area (Å²) in [7, 11) is 0. The van der Waals surface area contributed by atoms with Gasteiger partial charge in [0, 0.05) is 12.1 Å². The molecule has 7 heteroatoms. The molecule has 0 saturated heterocycles. The number of hydrogen-bond donors (Lipinski definition) is 1. The molecule has 0 aliphatic carbocycles. The van der Waals surface area contributed by atoms with Crippen LogP contribution in [0.1, 0.15) is 30.2 Å². The number of aromatic nitrogens is 1. The summed E-state index contributed by atoms with van der Waals surface area (Å²) in [5.74, 6) is -1.71. The molecule has 18 heavy (non-hydrogen) atoms. The molecule has 0 aliphatic heterocycles. The molecule has 100 valence electrons. The number of rotatable bonds is 5. The van der Waals surface area contributed by atoms with Crippen LogP contribution in [-0.2, 0) is 22.5 Å². The van der Waals surface area contributed by atoms with Crippen LogP contribution in [0.4, 0.5) is 13.2 Å². The van der Waals surface area contributed by atoms with Crippen LogP contribution in [0, 0.1) is 5.95 Å². The number of halogens is 3. The second-order valence-corrected chi connectivity index (χ2v) is 3.47. The zero-order valence-electron chi connectivity index (χ0n) is 9.75. The maximum absolute atomic E-state index is 13.2. The summed E-state index contributed by atoms with van der Waals surface area (Å²) < 4.78 is 43.2. The Morgan fingerprint density at radius 3 is 2.67 bits per heavy atom. The number of pyridine rings is 1. The van der Waals surface area contributed by atoms with E-state index in [4.69, 9.17) is 5.73 Å². The fourth-order valence-electron chi connectivity index (χ4n) is 1.43. The van der Waals surface area contributed by atoms with E-state index in [9.17, 15) is 18.0 Å². The lowest BCUT2D eigenvalue weighted by Crippen LogP contribution is -2.13. The molecule has 1 rings (SSSR count). The van der Waals surface area contributed by atoms with Crippen LogP contribution >= 0.6 is 0 Å². The fraction of sp³-hybridized carbons (Fsp3) is 0.455. The Morgan fingerprint density at radius 1 is 1.50 bits per heavy atom. The van der Waals surface area contributed by atoms with E-state index in [0.29, 0.717) is 0 Å². The highest BCUT2D eigenvalue weighted by molar-refractivity contribution is 5.73. The third-order valence-electron chi connectivity index (χ3n) is 2.23. The van der Waals surface area contributed by atoms with E-state index in [0.717, 1.165) is 6.07 Å². The van der Waals surface area contributed by atoms with Crippen LogP contribution in [0.15, 0.2) is 6.07 Å². The topological polar surface area (TPSA) is 65.2 Å². The zero-order chi connectivity index (χ0) is 13.7. The molecule has 0 radical (unpaired) electrons. The Balaban J connectivity index is 3.10. The molecule has 0 fully saturated rings. The van der Waals surface area contributed by atoms with Crippen LogP contribution < -0.4 is 5.73 Å². The van der Waals surface area contributed by atoms with Gasteiger partial charge in [0.2, 0.25) is 5.95 Å². The molecule has 1 aromatic heterocycles. The SMILES string of the molecule is CCOC(=O)Cc1cc(CN)c(F)nc1C(F)F. The van der Waals surface area contributed by atoms with Crippen molar-refractivity contribution in [2.75, 3.05) is 6.61 Å². The summed E-state index contributed by atoms with van der Waals surface area (Å²) in [5.41, 5.74) is 4.42. The van der Waals surface area contributed by atoms with Crippen molar-refractivity contribution in [3.63, 3.8) is 0 Å². The van der Waals surface area contributed by atoms with Gasteiger partial charge in [-0.3, -0.25) is 4.79 Å². The normalized spacial score (nSPS) is 10.8. The van der Waals surface area contributed by atoms with Crippen molar-refractivity contribution in [3.8, 4) is 0 Å². The van der Waals surface area contributed by atoms with E-state index in [1.807, 2.05) is 0 Å². The largest absolute Gasteiger partial charge is 0.466 e. The fourth-order valence-corrected chi connectivity index (χ4v) is 1.43.